The summed E-state index contributed by atoms with van der Waals surface area (Å²) in [4.78, 5) is 98.4. The Hall–Kier alpha value is -3.49. The molecule has 1 fully saturated rings. The molecule has 0 aliphatic carbocycles. The Kier molecular flexibility index (Phi) is 21.1. The van der Waals surface area contributed by atoms with E-state index in [2.05, 4.69) is 34.4 Å². The predicted octanol–water partition coefficient (Wildman–Crippen LogP) is 1.20. The molecule has 0 spiro atoms. The molecule has 11 N–H and O–H groups in total. The van der Waals surface area contributed by atoms with Crippen LogP contribution in [0, 0.1) is 5.41 Å². The first-order valence-electron chi connectivity index (χ1n) is 19.0. The zero-order valence-electron chi connectivity index (χ0n) is 34.0. The summed E-state index contributed by atoms with van der Waals surface area (Å²) in [5.41, 5.74) is 4.24. The third-order valence-electron chi connectivity index (χ3n) is 8.69. The average Bonchev–Trinajstić information content (AvgIpc) is 3.75. The van der Waals surface area contributed by atoms with E-state index in [1.54, 1.807) is 18.2 Å². The number of rotatable bonds is 28. The molecule has 3 heterocycles. The summed E-state index contributed by atoms with van der Waals surface area (Å²) >= 11 is 1.08. The number of aliphatic hydroxyl groups is 2. The fourth-order valence-corrected chi connectivity index (χ4v) is 9.05. The van der Waals surface area contributed by atoms with Gasteiger partial charge in [-0.2, -0.15) is 4.31 Å². The van der Waals surface area contributed by atoms with E-state index in [1.807, 2.05) is 6.08 Å². The number of aliphatic carboxylic acids is 1. The van der Waals surface area contributed by atoms with Crippen molar-refractivity contribution in [2.45, 2.75) is 89.4 Å². The Labute approximate surface area is 364 Å². The third kappa shape index (κ3) is 18.9. The summed E-state index contributed by atoms with van der Waals surface area (Å²) in [7, 11) is -16.4. The van der Waals surface area contributed by atoms with Gasteiger partial charge in [-0.05, 0) is 19.3 Å². The van der Waals surface area contributed by atoms with Gasteiger partial charge in [0.15, 0.2) is 22.8 Å². The second kappa shape index (κ2) is 24.7. The van der Waals surface area contributed by atoms with Crippen LogP contribution in [0.3, 0.4) is 0 Å². The second-order valence-electron chi connectivity index (χ2n) is 14.3. The molecule has 30 heteroatoms. The van der Waals surface area contributed by atoms with Gasteiger partial charge < -0.3 is 56.0 Å². The number of anilines is 1. The van der Waals surface area contributed by atoms with E-state index >= 15 is 0 Å². The lowest BCUT2D eigenvalue weighted by molar-refractivity contribution is -0.137. The Morgan fingerprint density at radius 2 is 1.68 bits per heavy atom. The number of carbonyl (C=O) groups excluding carboxylic acids is 3. The molecule has 0 saturated carbocycles. The number of nitrogens with zero attached hydrogens (tertiary/aromatic N) is 4. The number of hydrogen-bond acceptors (Lipinski definition) is 19. The highest BCUT2D eigenvalue weighted by molar-refractivity contribution is 8.13. The predicted molar refractivity (Wildman–Crippen MR) is 221 cm³/mol. The minimum Gasteiger partial charge on any atom is -0.481 e. The van der Waals surface area contributed by atoms with Crippen molar-refractivity contribution in [3.8, 4) is 0 Å². The minimum atomic E-state index is -5.59. The third-order valence-corrected chi connectivity index (χ3v) is 12.7. The number of unbranched alkanes of at least 4 members (excludes halogenated alkanes) is 3. The summed E-state index contributed by atoms with van der Waals surface area (Å²) < 4.78 is 62.2. The highest BCUT2D eigenvalue weighted by Gasteiger charge is 2.50. The first-order chi connectivity index (χ1) is 29.4. The van der Waals surface area contributed by atoms with E-state index in [-0.39, 0.29) is 48.0 Å². The molecule has 0 bridgehead atoms. The van der Waals surface area contributed by atoms with Crippen LogP contribution >= 0.6 is 35.2 Å². The average molecular weight is 976 g/mol. The molecule has 26 nitrogen and oxygen atoms in total. The van der Waals surface area contributed by atoms with Crippen molar-refractivity contribution in [1.82, 2.24) is 30.2 Å². The number of thioether (sulfide) groups is 1. The van der Waals surface area contributed by atoms with Gasteiger partial charge in [0.1, 0.15) is 36.3 Å². The van der Waals surface area contributed by atoms with Gasteiger partial charge in [-0.15, -0.1) is 0 Å². The van der Waals surface area contributed by atoms with Crippen LogP contribution in [0.4, 0.5) is 5.82 Å². The van der Waals surface area contributed by atoms with Crippen LogP contribution in [0.15, 0.2) is 37.0 Å². The lowest BCUT2D eigenvalue weighted by Gasteiger charge is -2.30. The summed E-state index contributed by atoms with van der Waals surface area (Å²) in [6, 6.07) is 0. The Morgan fingerprint density at radius 3 is 2.38 bits per heavy atom. The number of carboxylic acid groups (broad SMARTS) is 1. The monoisotopic (exact) mass is 975 g/mol. The lowest BCUT2D eigenvalue weighted by atomic mass is 9.87. The number of ether oxygens (including phenoxy) is 1. The topological polar surface area (TPSA) is 401 Å². The fourth-order valence-electron chi connectivity index (χ4n) is 5.50. The van der Waals surface area contributed by atoms with Crippen molar-refractivity contribution < 1.29 is 90.4 Å². The SMILES string of the molecule is CC(C)(COP(=O)(O)OP(=O)(O)OCC1OC(n2cnc3c(N)ncnc32)C(O)C1OP(=O)(O)O)C(O)C(=O)NCCC(=O)NCCSC(=O)CCCCC/C=C/C=C/CC(=O)O. The largest absolute Gasteiger partial charge is 0.481 e. The number of aliphatic hydroxyl groups excluding tert-OH is 2. The van der Waals surface area contributed by atoms with Crippen molar-refractivity contribution in [2.24, 2.45) is 5.41 Å². The normalized spacial score (nSPS) is 20.8. The van der Waals surface area contributed by atoms with Crippen molar-refractivity contribution >= 4 is 75.1 Å². The van der Waals surface area contributed by atoms with Crippen LogP contribution in [0.1, 0.15) is 65.0 Å². The number of nitrogens with one attached hydrogen (secondary N) is 2. The molecule has 7 atom stereocenters. The van der Waals surface area contributed by atoms with E-state index in [9.17, 15) is 62.7 Å². The molecule has 2 aromatic rings. The summed E-state index contributed by atoms with van der Waals surface area (Å²) in [5, 5.41) is 35.0. The van der Waals surface area contributed by atoms with Gasteiger partial charge in [0, 0.05) is 37.1 Å². The Bertz CT molecular complexity index is 2090. The van der Waals surface area contributed by atoms with Crippen LogP contribution < -0.4 is 16.4 Å². The van der Waals surface area contributed by atoms with Crippen molar-refractivity contribution in [3.63, 3.8) is 0 Å². The van der Waals surface area contributed by atoms with Crippen molar-refractivity contribution in [2.75, 3.05) is 37.8 Å². The van der Waals surface area contributed by atoms with Gasteiger partial charge in [0.25, 0.3) is 0 Å². The molecule has 63 heavy (non-hydrogen) atoms. The number of phosphoric ester groups is 3. The van der Waals surface area contributed by atoms with Crippen molar-refractivity contribution in [3.05, 3.63) is 37.0 Å². The highest BCUT2D eigenvalue weighted by Crippen LogP contribution is 2.61. The maximum Gasteiger partial charge on any atom is 0.481 e. The summed E-state index contributed by atoms with van der Waals surface area (Å²) in [5.74, 6) is -2.06. The maximum atomic E-state index is 12.7. The van der Waals surface area contributed by atoms with Gasteiger partial charge in [-0.3, -0.25) is 37.3 Å². The van der Waals surface area contributed by atoms with Crippen LogP contribution in [-0.2, 0) is 55.5 Å². The van der Waals surface area contributed by atoms with Gasteiger partial charge in [-0.25, -0.2) is 28.6 Å². The molecule has 2 amide bonds. The number of carboxylic acids is 1. The van der Waals surface area contributed by atoms with Crippen LogP contribution in [0.5, 0.6) is 0 Å². The zero-order valence-corrected chi connectivity index (χ0v) is 37.5. The smallest absolute Gasteiger partial charge is 0.481 e. The zero-order chi connectivity index (χ0) is 47.0. The standard InChI is InChI=1S/C33H52N7O19P3S/c1-33(2,28(46)31(47)36-14-13-22(41)35-15-16-63-24(44)12-10-8-6-4-3-5-7-9-11-23(42)43)18-56-62(53,54)59-61(51,52)55-17-21-27(58-60(48,49)50)26(45)32(57-21)40-20-39-25-29(34)37-19-38-30(25)40/h3,5,7,9,19-21,26-28,32,45-46H,4,6,8,10-18H2,1-2H3,(H,35,41)(H,36,47)(H,42,43)(H,51,52)(H,53,54)(H2,34,37,38)(H2,48,49,50)/b5-3+,9-7+. The number of aromatic nitrogens is 4. The number of nitrogens with two attached hydrogens (primary N) is 1. The number of phosphoric acid groups is 3. The molecule has 1 aliphatic heterocycles. The molecule has 0 radical (unpaired) electrons. The molecule has 1 saturated heterocycles. The minimum absolute atomic E-state index is 0.0201. The summed E-state index contributed by atoms with van der Waals surface area (Å²) in [6.07, 6.45) is 3.49. The van der Waals surface area contributed by atoms with E-state index in [0.717, 1.165) is 48.2 Å². The Balaban J connectivity index is 1.37. The Morgan fingerprint density at radius 1 is 0.984 bits per heavy atom. The van der Waals surface area contributed by atoms with Crippen LogP contribution in [0.25, 0.3) is 11.2 Å². The molecule has 0 aromatic carbocycles. The first kappa shape index (κ1) is 53.8. The van der Waals surface area contributed by atoms with Gasteiger partial charge in [0.05, 0.1) is 26.0 Å². The molecule has 354 valence electrons. The summed E-state index contributed by atoms with van der Waals surface area (Å²) in [6.45, 7) is 0.418. The van der Waals surface area contributed by atoms with E-state index in [1.165, 1.54) is 13.8 Å². The number of hydrogen-bond donors (Lipinski definition) is 10. The number of carbonyl (C=O) groups is 4. The molecule has 3 rings (SSSR count). The van der Waals surface area contributed by atoms with Crippen LogP contribution in [-0.4, -0.2) is 134 Å². The number of allylic oxidation sites excluding steroid dienone is 3. The molecule has 7 unspecified atom stereocenters. The molecule has 2 aromatic heterocycles. The van der Waals surface area contributed by atoms with E-state index in [0.29, 0.717) is 18.6 Å². The maximum absolute atomic E-state index is 12.7. The molecular weight excluding hydrogens is 923 g/mol. The van der Waals surface area contributed by atoms with E-state index < -0.39 is 90.5 Å². The van der Waals surface area contributed by atoms with Gasteiger partial charge in [0.2, 0.25) is 11.8 Å². The fraction of sp³-hybridized carbons (Fsp3) is 0.606. The number of imidazole rings is 1. The quantitative estimate of drug-likeness (QED) is 0.0325. The number of nitrogen functional groups attached to an aromatic ring is 1. The van der Waals surface area contributed by atoms with Gasteiger partial charge in [-0.1, -0.05) is 56.3 Å². The van der Waals surface area contributed by atoms with Crippen LogP contribution in [0.2, 0.25) is 0 Å². The second-order valence-corrected chi connectivity index (χ2v) is 19.7. The van der Waals surface area contributed by atoms with E-state index in [4.69, 9.17) is 24.6 Å². The molecular formula is C33H52N7O19P3S. The van der Waals surface area contributed by atoms with Crippen molar-refractivity contribution in [1.29, 1.82) is 0 Å². The highest BCUT2D eigenvalue weighted by atomic mass is 32.2. The molecule has 1 aliphatic rings. The number of amides is 2. The first-order valence-corrected chi connectivity index (χ1v) is 24.5. The number of fused-ring (bicyclic) bond motifs is 1. The lowest BCUT2D eigenvalue weighted by Crippen LogP contribution is -2.46. The van der Waals surface area contributed by atoms with Gasteiger partial charge >= 0.3 is 29.4 Å².